The number of hydrogen-bond acceptors (Lipinski definition) is 27. The molecule has 16 atom stereocenters. The number of rotatable bonds is 31. The fraction of sp³-hybridized carbons (Fsp3) is 0.467. The fourth-order valence-electron chi connectivity index (χ4n) is 15.5. The first-order valence-electron chi connectivity index (χ1n) is 46.4. The lowest BCUT2D eigenvalue weighted by Crippen LogP contribution is -2.62. The Labute approximate surface area is 832 Å². The van der Waals surface area contributed by atoms with Gasteiger partial charge in [0.2, 0.25) is 88.6 Å². The van der Waals surface area contributed by atoms with E-state index in [2.05, 4.69) is 99.7 Å². The van der Waals surface area contributed by atoms with Crippen LogP contribution in [0.15, 0.2) is 122 Å². The number of aliphatic hydroxyl groups excluding tert-OH is 1. The van der Waals surface area contributed by atoms with Crippen molar-refractivity contribution in [2.75, 3.05) is 37.7 Å². The number of nitrogens with one attached hydrogen (secondary N) is 20. The van der Waals surface area contributed by atoms with E-state index in [4.69, 9.17) is 28.0 Å². The van der Waals surface area contributed by atoms with E-state index in [-0.39, 0.29) is 117 Å². The summed E-state index contributed by atoms with van der Waals surface area (Å²) in [5.74, 6) is -25.2. The van der Waals surface area contributed by atoms with Crippen LogP contribution in [0.1, 0.15) is 125 Å². The number of fused-ring (bicyclic) bond motifs is 1. The van der Waals surface area contributed by atoms with Gasteiger partial charge < -0.3 is 148 Å². The van der Waals surface area contributed by atoms with Gasteiger partial charge in [-0.25, -0.2) is 9.97 Å². The Kier molecular flexibility index (Phi) is 44.3. The van der Waals surface area contributed by atoms with Gasteiger partial charge in [0.25, 0.3) is 0 Å². The summed E-state index contributed by atoms with van der Waals surface area (Å²) >= 11 is 0.727. The third-order valence-corrected chi connectivity index (χ3v) is 24.5. The van der Waals surface area contributed by atoms with E-state index < -0.39 is 291 Å². The minimum Gasteiger partial charge on any atom is -0.508 e. The van der Waals surface area contributed by atoms with Gasteiger partial charge in [-0.15, -0.1) is 11.8 Å². The molecule has 786 valence electrons. The number of aliphatic carboxylic acids is 1. The largest absolute Gasteiger partial charge is 0.508 e. The van der Waals surface area contributed by atoms with E-state index >= 15 is 38.4 Å². The van der Waals surface area contributed by atoms with Crippen LogP contribution in [0.2, 0.25) is 0 Å². The molecule has 2 fully saturated rings. The van der Waals surface area contributed by atoms with Crippen LogP contribution in [0.4, 0.5) is 13.2 Å². The van der Waals surface area contributed by atoms with Crippen molar-refractivity contribution in [3.05, 3.63) is 156 Å². The number of halogens is 3. The predicted octanol–water partition coefficient (Wildman–Crippen LogP) is -4.49. The molecule has 32 N–H and O–H groups in total. The predicted molar refractivity (Wildman–Crippen MR) is 513 cm³/mol. The summed E-state index contributed by atoms with van der Waals surface area (Å²) in [4.78, 5) is 264. The molecular formula is C92H123F3N26O23S. The van der Waals surface area contributed by atoms with Crippen molar-refractivity contribution < 1.29 is 125 Å². The number of nitrogens with zero attached hydrogens (tertiary/aromatic N) is 3. The number of H-pyrrole nitrogens is 2. The maximum Gasteiger partial charge on any atom is 0.471 e. The number of benzene rings is 4. The molecule has 2 aliphatic heterocycles. The molecule has 53 heteroatoms. The number of carboxylic acids is 1. The molecule has 2 saturated heterocycles. The van der Waals surface area contributed by atoms with Gasteiger partial charge in [0.15, 0.2) is 11.9 Å². The Morgan fingerprint density at radius 2 is 0.807 bits per heavy atom. The Bertz CT molecular complexity index is 5460. The van der Waals surface area contributed by atoms with Gasteiger partial charge >= 0.3 is 18.1 Å². The van der Waals surface area contributed by atoms with Crippen LogP contribution in [0.5, 0.6) is 23.0 Å². The highest BCUT2D eigenvalue weighted by Gasteiger charge is 2.44. The highest BCUT2D eigenvalue weighted by atomic mass is 32.2. The Hall–Kier alpha value is -15.9. The number of primary amides is 1. The number of carbonyl (C=O) groups excluding carboxylic acids is 16. The lowest BCUT2D eigenvalue weighted by molar-refractivity contribution is -0.173. The van der Waals surface area contributed by atoms with Gasteiger partial charge in [-0.1, -0.05) is 68.8 Å². The monoisotopic (exact) mass is 2050 g/mol. The van der Waals surface area contributed by atoms with Crippen molar-refractivity contribution in [2.45, 2.75) is 227 Å². The average Bonchev–Trinajstić information content (AvgIpc) is 1.72. The molecule has 0 saturated carbocycles. The summed E-state index contributed by atoms with van der Waals surface area (Å²) < 4.78 is 40.5. The first-order chi connectivity index (χ1) is 68.8. The van der Waals surface area contributed by atoms with Crippen molar-refractivity contribution in [1.82, 2.24) is 110 Å². The zero-order chi connectivity index (χ0) is 106. The number of carbonyl (C=O) groups is 17. The molecule has 0 unspecified atom stereocenters. The number of aromatic nitrogens is 4. The second-order valence-electron chi connectivity index (χ2n) is 34.8. The molecule has 8 rings (SSSR count). The normalized spacial score (nSPS) is 23.0. The molecule has 2 aliphatic rings. The number of phenolic OH excluding ortho intramolecular Hbond substituents is 4. The van der Waals surface area contributed by atoms with Gasteiger partial charge in [0.05, 0.1) is 42.3 Å². The van der Waals surface area contributed by atoms with Crippen LogP contribution in [0.3, 0.4) is 0 Å². The van der Waals surface area contributed by atoms with Crippen LogP contribution in [-0.2, 0) is 120 Å². The SMILES string of the molecule is CC[C@H](C)[C@@H]1NC(=O)[C@H](CCCNC(=N)N)NC(=O)[C@H](Cc2ccc(O)cc2)NC(=O)[C@H](CC(=O)O)NC(=O)[C@H](Cc2c[nH]cn2)NC(=O)[C@@H](Cc2ccc(O)cc2)NC(=O)CSC[C@@H](C(N)=O)NC(=O)[C@@H]2CCCN2C(=O)[C@H](Cc2ccc(O)cc2)NC(=O)[C@H]([C@@H](C)O)NC(=O)[C@H](Cc2c[nH]cn2)NC(=O)[C@H](Cc2ccc(O)cc2)NC(=O)[C@H](CCCNC(=N)N)NC(=O)[C@H](CCCCNC(=O)C(F)(F)F)NC1=O. The number of thioether (sulfide) groups is 1. The maximum atomic E-state index is 15.3. The number of unbranched alkanes of at least 4 members (excludes halogenated alkanes) is 1. The van der Waals surface area contributed by atoms with Gasteiger partial charge in [0.1, 0.15) is 108 Å². The molecule has 4 heterocycles. The summed E-state index contributed by atoms with van der Waals surface area (Å²) in [7, 11) is 0. The zero-order valence-electron chi connectivity index (χ0n) is 79.3. The van der Waals surface area contributed by atoms with Crippen molar-refractivity contribution in [1.29, 1.82) is 10.8 Å². The number of hydrogen-bond donors (Lipinski definition) is 29. The number of aromatic hydroxyl groups is 4. The number of guanidine groups is 2. The zero-order valence-corrected chi connectivity index (χ0v) is 80.1. The van der Waals surface area contributed by atoms with Crippen LogP contribution < -0.4 is 102 Å². The van der Waals surface area contributed by atoms with Gasteiger partial charge in [-0.05, 0) is 141 Å². The molecule has 0 spiro atoms. The summed E-state index contributed by atoms with van der Waals surface area (Å²) in [5.41, 5.74) is 18.3. The summed E-state index contributed by atoms with van der Waals surface area (Å²) in [6, 6.07) is -4.23. The van der Waals surface area contributed by atoms with E-state index in [9.17, 15) is 87.0 Å². The first-order valence-corrected chi connectivity index (χ1v) is 47.6. The number of aromatic amines is 2. The number of carboxylic acid groups (broad SMARTS) is 1. The number of amides is 16. The second-order valence-corrected chi connectivity index (χ2v) is 35.8. The molecule has 2 aromatic heterocycles. The standard InChI is InChI=1S/C92H123F3N26O23S/c1-4-47(2)73-86(141)111-59(10-5-6-30-103-89(144)92(93,94)95)76(131)109-60(11-7-31-104-90(97)98)77(132)112-64(36-51-18-26-57(125)27-19-51)81(136)115-66(39-54-42-102-46-107-54)84(139)120-74(48(3)122)87(142)117-68(37-52-20-28-58(126)29-21-52)88(143)121-33-9-13-70(121)85(140)118-69(75(96)130)43-145-44-71(127)108-62(34-49-14-22-55(123)23-15-49)79(134)114-65(38-53-41-101-45-106-53)82(137)116-67(40-72(128)129)83(138)113-63(35-50-16-24-56(124)25-17-50)80(135)110-61(78(133)119-73)12-8-32-105-91(99)100/h14-29,41-42,45-48,59-70,73-74,122-126H,4-13,30-40,43-44H2,1-3H3,(H2,96,130)(H,101,106)(H,102,107)(H,103,144)(H,108,127)(H,109,131)(H,110,135)(H,111,141)(H,112,132)(H,113,138)(H,114,134)(H,115,136)(H,116,137)(H,117,142)(H,118,140)(H,119,133)(H,120,139)(H,128,129)(H4,97,98,104)(H4,99,100,105)/t47-,48+,59-,60-,61-,62+,63-,64-,65-,66-,67-,68-,69-,70-,73-,74-/m0/s1. The van der Waals surface area contributed by atoms with Gasteiger partial charge in [-0.3, -0.25) is 92.3 Å². The Morgan fingerprint density at radius 3 is 1.21 bits per heavy atom. The van der Waals surface area contributed by atoms with Crippen molar-refractivity contribution in [3.8, 4) is 23.0 Å². The molecule has 145 heavy (non-hydrogen) atoms. The lowest BCUT2D eigenvalue weighted by atomic mass is 9.96. The topological polar surface area (TPSA) is 790 Å². The Balaban J connectivity index is 1.23. The molecule has 16 amide bonds. The number of imidazole rings is 2. The average molecular weight is 2050 g/mol. The smallest absolute Gasteiger partial charge is 0.471 e. The highest BCUT2D eigenvalue weighted by molar-refractivity contribution is 8.00. The molecule has 0 bridgehead atoms. The highest BCUT2D eigenvalue weighted by Crippen LogP contribution is 2.25. The molecule has 4 aromatic carbocycles. The van der Waals surface area contributed by atoms with Gasteiger partial charge in [0, 0.05) is 82.9 Å². The molecule has 6 aromatic rings. The van der Waals surface area contributed by atoms with Crippen LogP contribution in [0, 0.1) is 16.7 Å². The molecule has 0 radical (unpaired) electrons. The minimum absolute atomic E-state index is 0.0415. The quantitative estimate of drug-likeness (QED) is 0.0111. The number of nitrogens with two attached hydrogens (primary N) is 3. The number of phenols is 4. The third kappa shape index (κ3) is 37.8. The fourth-order valence-corrected chi connectivity index (χ4v) is 16.4. The number of aliphatic hydroxyl groups is 1. The van der Waals surface area contributed by atoms with Crippen LogP contribution in [0.25, 0.3) is 0 Å². The summed E-state index contributed by atoms with van der Waals surface area (Å²) in [5, 5.41) is 119. The van der Waals surface area contributed by atoms with E-state index in [1.165, 1.54) is 129 Å². The van der Waals surface area contributed by atoms with E-state index in [0.717, 1.165) is 23.6 Å². The third-order valence-electron chi connectivity index (χ3n) is 23.5. The molecule has 0 aliphatic carbocycles. The van der Waals surface area contributed by atoms with Crippen LogP contribution in [-0.4, -0.2) is 302 Å². The summed E-state index contributed by atoms with van der Waals surface area (Å²) in [6.07, 6.45) is -8.29. The van der Waals surface area contributed by atoms with E-state index in [0.29, 0.717) is 11.1 Å². The Morgan fingerprint density at radius 1 is 0.455 bits per heavy atom. The number of alkyl halides is 3. The van der Waals surface area contributed by atoms with Gasteiger partial charge in [-0.2, -0.15) is 13.2 Å². The maximum absolute atomic E-state index is 15.3. The van der Waals surface area contributed by atoms with E-state index in [1.807, 2.05) is 0 Å². The first kappa shape index (κ1) is 114. The summed E-state index contributed by atoms with van der Waals surface area (Å²) in [6.45, 7) is 3.04. The lowest BCUT2D eigenvalue weighted by Gasteiger charge is -2.31. The van der Waals surface area contributed by atoms with E-state index in [1.54, 1.807) is 12.2 Å². The van der Waals surface area contributed by atoms with Crippen molar-refractivity contribution >= 4 is 124 Å². The van der Waals surface area contributed by atoms with Crippen LogP contribution >= 0.6 is 11.8 Å². The molecule has 49 nitrogen and oxygen atoms in total. The van der Waals surface area contributed by atoms with Crippen molar-refractivity contribution in [2.24, 2.45) is 23.1 Å². The minimum atomic E-state index is -5.33. The van der Waals surface area contributed by atoms with Crippen molar-refractivity contribution in [3.63, 3.8) is 0 Å². The second kappa shape index (κ2) is 56.1. The molecular weight excluding hydrogens is 1930 g/mol.